The fourth-order valence-electron chi connectivity index (χ4n) is 2.63. The molecule has 1 aromatic rings. The Labute approximate surface area is 131 Å². The zero-order chi connectivity index (χ0) is 15.9. The quantitative estimate of drug-likeness (QED) is 0.783. The third-order valence-electron chi connectivity index (χ3n) is 4.03. The fourth-order valence-corrected chi connectivity index (χ4v) is 2.63. The van der Waals surface area contributed by atoms with E-state index in [0.29, 0.717) is 12.0 Å². The Hall–Kier alpha value is -2.04. The first kappa shape index (κ1) is 16.3. The van der Waals surface area contributed by atoms with Crippen molar-refractivity contribution in [1.29, 1.82) is 0 Å². The van der Waals surface area contributed by atoms with Gasteiger partial charge in [-0.1, -0.05) is 13.3 Å². The first-order valence-electron chi connectivity index (χ1n) is 7.86. The van der Waals surface area contributed by atoms with Gasteiger partial charge in [-0.15, -0.1) is 0 Å². The van der Waals surface area contributed by atoms with Crippen LogP contribution in [0.4, 0.5) is 5.69 Å². The first-order valence-corrected chi connectivity index (χ1v) is 7.86. The largest absolute Gasteiger partial charge is 0.465 e. The summed E-state index contributed by atoms with van der Waals surface area (Å²) in [6.45, 7) is 5.29. The van der Waals surface area contributed by atoms with Crippen molar-refractivity contribution in [2.45, 2.75) is 26.2 Å². The number of carbonyl (C=O) groups excluding carboxylic acids is 2. The summed E-state index contributed by atoms with van der Waals surface area (Å²) in [4.78, 5) is 27.6. The fraction of sp³-hybridized carbons (Fsp3) is 0.529. The molecule has 1 saturated heterocycles. The van der Waals surface area contributed by atoms with Gasteiger partial charge in [-0.2, -0.15) is 0 Å². The Morgan fingerprint density at radius 1 is 1.09 bits per heavy atom. The third kappa shape index (κ3) is 4.00. The Morgan fingerprint density at radius 2 is 1.73 bits per heavy atom. The molecule has 1 fully saturated rings. The molecule has 5 nitrogen and oxygen atoms in total. The molecule has 0 N–H and O–H groups in total. The van der Waals surface area contributed by atoms with E-state index in [4.69, 9.17) is 4.74 Å². The lowest BCUT2D eigenvalue weighted by molar-refractivity contribution is -0.131. The number of methoxy groups -OCH3 is 1. The zero-order valence-corrected chi connectivity index (χ0v) is 13.4. The number of benzene rings is 1. The van der Waals surface area contributed by atoms with Crippen LogP contribution in [-0.2, 0) is 9.53 Å². The van der Waals surface area contributed by atoms with Crippen molar-refractivity contribution in [2.24, 2.45) is 0 Å². The SMILES string of the molecule is CCCCC(=O)N1CCN(c2ccc(C(=O)OC)cc2)CC1. The highest BCUT2D eigenvalue weighted by Crippen LogP contribution is 2.18. The highest BCUT2D eigenvalue weighted by Gasteiger charge is 2.20. The van der Waals surface area contributed by atoms with Crippen LogP contribution in [0.25, 0.3) is 0 Å². The number of anilines is 1. The topological polar surface area (TPSA) is 49.9 Å². The van der Waals surface area contributed by atoms with Crippen LogP contribution in [0.5, 0.6) is 0 Å². The van der Waals surface area contributed by atoms with E-state index in [-0.39, 0.29) is 11.9 Å². The Balaban J connectivity index is 1.88. The maximum absolute atomic E-state index is 12.0. The van der Waals surface area contributed by atoms with Gasteiger partial charge in [0.25, 0.3) is 0 Å². The van der Waals surface area contributed by atoms with Crippen molar-refractivity contribution in [3.8, 4) is 0 Å². The van der Waals surface area contributed by atoms with Gasteiger partial charge in [0.1, 0.15) is 0 Å². The summed E-state index contributed by atoms with van der Waals surface area (Å²) >= 11 is 0. The molecule has 0 atom stereocenters. The van der Waals surface area contributed by atoms with E-state index in [1.54, 1.807) is 12.1 Å². The first-order chi connectivity index (χ1) is 10.7. The molecule has 0 spiro atoms. The molecular weight excluding hydrogens is 280 g/mol. The van der Waals surface area contributed by atoms with Gasteiger partial charge in [0.15, 0.2) is 0 Å². The van der Waals surface area contributed by atoms with Crippen molar-refractivity contribution in [1.82, 2.24) is 4.90 Å². The molecule has 1 aliphatic heterocycles. The van der Waals surface area contributed by atoms with E-state index in [2.05, 4.69) is 11.8 Å². The van der Waals surface area contributed by atoms with Gasteiger partial charge >= 0.3 is 5.97 Å². The minimum Gasteiger partial charge on any atom is -0.465 e. The lowest BCUT2D eigenvalue weighted by atomic mass is 10.1. The maximum atomic E-state index is 12.0. The molecule has 2 rings (SSSR count). The van der Waals surface area contributed by atoms with E-state index in [1.807, 2.05) is 17.0 Å². The Morgan fingerprint density at radius 3 is 2.27 bits per heavy atom. The van der Waals surface area contributed by atoms with Crippen molar-refractivity contribution >= 4 is 17.6 Å². The second kappa shape index (κ2) is 7.82. The van der Waals surface area contributed by atoms with Gasteiger partial charge in [0.05, 0.1) is 12.7 Å². The number of amides is 1. The van der Waals surface area contributed by atoms with Crippen molar-refractivity contribution in [2.75, 3.05) is 38.2 Å². The minimum absolute atomic E-state index is 0.266. The van der Waals surface area contributed by atoms with Crippen LogP contribution < -0.4 is 4.90 Å². The average molecular weight is 304 g/mol. The summed E-state index contributed by atoms with van der Waals surface area (Å²) in [5.74, 6) is -0.0552. The van der Waals surface area contributed by atoms with E-state index in [1.165, 1.54) is 7.11 Å². The molecule has 0 aliphatic carbocycles. The summed E-state index contributed by atoms with van der Waals surface area (Å²) in [5, 5.41) is 0. The number of unbranched alkanes of at least 4 members (excludes halogenated alkanes) is 1. The molecule has 22 heavy (non-hydrogen) atoms. The standard InChI is InChI=1S/C17H24N2O3/c1-3-4-5-16(20)19-12-10-18(11-13-19)15-8-6-14(7-9-15)17(21)22-2/h6-9H,3-5,10-13H2,1-2H3. The van der Waals surface area contributed by atoms with Gasteiger partial charge in [0.2, 0.25) is 5.91 Å². The molecular formula is C17H24N2O3. The van der Waals surface area contributed by atoms with Crippen LogP contribution in [0.15, 0.2) is 24.3 Å². The second-order valence-corrected chi connectivity index (χ2v) is 5.51. The molecule has 0 saturated carbocycles. The smallest absolute Gasteiger partial charge is 0.337 e. The zero-order valence-electron chi connectivity index (χ0n) is 13.4. The predicted molar refractivity (Wildman–Crippen MR) is 86.1 cm³/mol. The lowest BCUT2D eigenvalue weighted by Crippen LogP contribution is -2.48. The molecule has 1 aliphatic rings. The van der Waals surface area contributed by atoms with Crippen LogP contribution in [0.2, 0.25) is 0 Å². The highest BCUT2D eigenvalue weighted by atomic mass is 16.5. The number of carbonyl (C=O) groups is 2. The lowest BCUT2D eigenvalue weighted by Gasteiger charge is -2.36. The molecule has 0 unspecified atom stereocenters. The molecule has 1 amide bonds. The van der Waals surface area contributed by atoms with E-state index in [0.717, 1.165) is 44.7 Å². The van der Waals surface area contributed by atoms with E-state index in [9.17, 15) is 9.59 Å². The van der Waals surface area contributed by atoms with Gasteiger partial charge in [-0.25, -0.2) is 4.79 Å². The monoisotopic (exact) mass is 304 g/mol. The van der Waals surface area contributed by atoms with Crippen LogP contribution in [0, 0.1) is 0 Å². The van der Waals surface area contributed by atoms with Gasteiger partial charge in [-0.3, -0.25) is 4.79 Å². The van der Waals surface area contributed by atoms with E-state index < -0.39 is 0 Å². The number of hydrogen-bond donors (Lipinski definition) is 0. The summed E-state index contributed by atoms with van der Waals surface area (Å²) in [6, 6.07) is 7.42. The third-order valence-corrected chi connectivity index (χ3v) is 4.03. The van der Waals surface area contributed by atoms with Crippen molar-refractivity contribution in [3.63, 3.8) is 0 Å². The number of hydrogen-bond acceptors (Lipinski definition) is 4. The van der Waals surface area contributed by atoms with Crippen LogP contribution in [0.3, 0.4) is 0 Å². The van der Waals surface area contributed by atoms with Gasteiger partial charge < -0.3 is 14.5 Å². The highest BCUT2D eigenvalue weighted by molar-refractivity contribution is 5.89. The van der Waals surface area contributed by atoms with Gasteiger partial charge in [-0.05, 0) is 30.7 Å². The molecule has 5 heteroatoms. The Kier molecular flexibility index (Phi) is 5.81. The van der Waals surface area contributed by atoms with Crippen molar-refractivity contribution < 1.29 is 14.3 Å². The summed E-state index contributed by atoms with van der Waals surface area (Å²) in [6.07, 6.45) is 2.68. The number of nitrogens with zero attached hydrogens (tertiary/aromatic N) is 2. The number of piperazine rings is 1. The number of esters is 1. The average Bonchev–Trinajstić information content (AvgIpc) is 2.59. The molecule has 120 valence electrons. The van der Waals surface area contributed by atoms with Crippen LogP contribution in [-0.4, -0.2) is 50.1 Å². The normalized spacial score (nSPS) is 14.8. The summed E-state index contributed by atoms with van der Waals surface area (Å²) < 4.78 is 4.70. The maximum Gasteiger partial charge on any atom is 0.337 e. The van der Waals surface area contributed by atoms with Crippen molar-refractivity contribution in [3.05, 3.63) is 29.8 Å². The summed E-state index contributed by atoms with van der Waals surface area (Å²) in [5.41, 5.74) is 1.63. The van der Waals surface area contributed by atoms with Crippen LogP contribution in [0.1, 0.15) is 36.5 Å². The molecule has 1 heterocycles. The Bertz CT molecular complexity index is 505. The van der Waals surface area contributed by atoms with Crippen LogP contribution >= 0.6 is 0 Å². The molecule has 1 aromatic carbocycles. The number of rotatable bonds is 5. The molecule has 0 bridgehead atoms. The minimum atomic E-state index is -0.321. The van der Waals surface area contributed by atoms with Gasteiger partial charge in [0, 0.05) is 38.3 Å². The molecule has 0 radical (unpaired) electrons. The summed E-state index contributed by atoms with van der Waals surface area (Å²) in [7, 11) is 1.38. The predicted octanol–water partition coefficient (Wildman–Crippen LogP) is 2.31. The van der Waals surface area contributed by atoms with E-state index >= 15 is 0 Å². The number of ether oxygens (including phenoxy) is 1. The second-order valence-electron chi connectivity index (χ2n) is 5.51. The molecule has 0 aromatic heterocycles.